The van der Waals surface area contributed by atoms with Gasteiger partial charge in [-0.15, -0.1) is 0 Å². The lowest BCUT2D eigenvalue weighted by Crippen LogP contribution is -3.08. The van der Waals surface area contributed by atoms with E-state index in [2.05, 4.69) is 40.3 Å². The number of carbonyl (C=O) groups is 1. The van der Waals surface area contributed by atoms with Gasteiger partial charge < -0.3 is 19.7 Å². The van der Waals surface area contributed by atoms with E-state index in [1.807, 2.05) is 33.0 Å². The SMILES string of the molecule is Cc1cc(C)c(NC(=O)C[NH+](C)Cc2cc3c(cc2Br)OCO3)c(C)c1. The molecule has 138 valence electrons. The van der Waals surface area contributed by atoms with Gasteiger partial charge in [-0.25, -0.2) is 0 Å². The largest absolute Gasteiger partial charge is 0.454 e. The number of amides is 1. The number of halogens is 1. The monoisotopic (exact) mass is 419 g/mol. The summed E-state index contributed by atoms with van der Waals surface area (Å²) in [6.45, 7) is 7.45. The van der Waals surface area contributed by atoms with Gasteiger partial charge in [-0.3, -0.25) is 4.79 Å². The summed E-state index contributed by atoms with van der Waals surface area (Å²) in [5.74, 6) is 1.52. The van der Waals surface area contributed by atoms with Gasteiger partial charge >= 0.3 is 0 Å². The normalized spacial score (nSPS) is 13.6. The van der Waals surface area contributed by atoms with Crippen LogP contribution in [0.25, 0.3) is 0 Å². The molecule has 1 aliphatic rings. The van der Waals surface area contributed by atoms with Crippen molar-refractivity contribution in [1.82, 2.24) is 0 Å². The first kappa shape index (κ1) is 18.7. The molecule has 1 unspecified atom stereocenters. The highest BCUT2D eigenvalue weighted by molar-refractivity contribution is 9.10. The molecule has 0 radical (unpaired) electrons. The molecule has 0 bridgehead atoms. The van der Waals surface area contributed by atoms with E-state index in [-0.39, 0.29) is 12.7 Å². The number of aryl methyl sites for hydroxylation is 3. The summed E-state index contributed by atoms with van der Waals surface area (Å²) in [6, 6.07) is 8.07. The zero-order valence-corrected chi connectivity index (χ0v) is 17.1. The Labute approximate surface area is 162 Å². The van der Waals surface area contributed by atoms with E-state index in [4.69, 9.17) is 9.47 Å². The Hall–Kier alpha value is -2.05. The molecule has 5 nitrogen and oxygen atoms in total. The van der Waals surface area contributed by atoms with E-state index in [1.165, 1.54) is 5.56 Å². The van der Waals surface area contributed by atoms with E-state index >= 15 is 0 Å². The number of fused-ring (bicyclic) bond motifs is 1. The van der Waals surface area contributed by atoms with Crippen LogP contribution in [0.4, 0.5) is 5.69 Å². The number of quaternary nitrogens is 1. The Kier molecular flexibility index (Phi) is 5.53. The first-order chi connectivity index (χ1) is 12.3. The molecular formula is C20H24BrN2O3+. The molecule has 0 saturated heterocycles. The number of rotatable bonds is 5. The lowest BCUT2D eigenvalue weighted by atomic mass is 10.1. The Bertz CT molecular complexity index is 828. The van der Waals surface area contributed by atoms with Gasteiger partial charge in [0.25, 0.3) is 5.91 Å². The van der Waals surface area contributed by atoms with Crippen molar-refractivity contribution in [1.29, 1.82) is 0 Å². The van der Waals surface area contributed by atoms with Crippen LogP contribution in [0.3, 0.4) is 0 Å². The van der Waals surface area contributed by atoms with Crippen LogP contribution < -0.4 is 19.7 Å². The average molecular weight is 420 g/mol. The van der Waals surface area contributed by atoms with Gasteiger partial charge in [0.15, 0.2) is 18.0 Å². The van der Waals surface area contributed by atoms with Crippen molar-refractivity contribution in [3.63, 3.8) is 0 Å². The zero-order valence-electron chi connectivity index (χ0n) is 15.5. The van der Waals surface area contributed by atoms with Crippen molar-refractivity contribution in [2.45, 2.75) is 27.3 Å². The lowest BCUT2D eigenvalue weighted by Gasteiger charge is -2.17. The van der Waals surface area contributed by atoms with Crippen LogP contribution in [0.5, 0.6) is 11.5 Å². The lowest BCUT2D eigenvalue weighted by molar-refractivity contribution is -0.885. The summed E-state index contributed by atoms with van der Waals surface area (Å²) in [5, 5.41) is 3.06. The summed E-state index contributed by atoms with van der Waals surface area (Å²) in [6.07, 6.45) is 0. The van der Waals surface area contributed by atoms with Crippen LogP contribution in [0.15, 0.2) is 28.7 Å². The van der Waals surface area contributed by atoms with Crippen LogP contribution in [-0.2, 0) is 11.3 Å². The fraction of sp³-hybridized carbons (Fsp3) is 0.350. The highest BCUT2D eigenvalue weighted by Gasteiger charge is 2.19. The number of hydrogen-bond donors (Lipinski definition) is 2. The van der Waals surface area contributed by atoms with E-state index in [1.54, 1.807) is 0 Å². The number of nitrogens with one attached hydrogen (secondary N) is 2. The Morgan fingerprint density at radius 3 is 2.38 bits per heavy atom. The van der Waals surface area contributed by atoms with Crippen molar-refractivity contribution >= 4 is 27.5 Å². The van der Waals surface area contributed by atoms with Gasteiger partial charge in [-0.2, -0.15) is 0 Å². The predicted octanol–water partition coefficient (Wildman–Crippen LogP) is 2.76. The van der Waals surface area contributed by atoms with Crippen LogP contribution >= 0.6 is 15.9 Å². The average Bonchev–Trinajstić information content (AvgIpc) is 2.98. The summed E-state index contributed by atoms with van der Waals surface area (Å²) in [4.78, 5) is 13.6. The molecule has 1 atom stereocenters. The standard InChI is InChI=1S/C20H23BrN2O3/c1-12-5-13(2)20(14(3)6-12)22-19(24)10-23(4)9-15-7-17-18(8-16(15)21)26-11-25-17/h5-8H,9-11H2,1-4H3,(H,22,24)/p+1. The van der Waals surface area contributed by atoms with Crippen LogP contribution in [0.1, 0.15) is 22.3 Å². The molecule has 3 rings (SSSR count). The van der Waals surface area contributed by atoms with E-state index in [9.17, 15) is 4.79 Å². The Balaban J connectivity index is 1.63. The molecule has 2 aromatic carbocycles. The highest BCUT2D eigenvalue weighted by Crippen LogP contribution is 2.36. The zero-order chi connectivity index (χ0) is 18.8. The summed E-state index contributed by atoms with van der Waals surface area (Å²) < 4.78 is 11.8. The quantitative estimate of drug-likeness (QED) is 0.783. The third-order valence-electron chi connectivity index (χ3n) is 4.44. The molecule has 0 spiro atoms. The van der Waals surface area contributed by atoms with E-state index in [0.29, 0.717) is 13.1 Å². The molecule has 1 amide bonds. The van der Waals surface area contributed by atoms with Gasteiger partial charge in [-0.05, 0) is 44.0 Å². The smallest absolute Gasteiger partial charge is 0.279 e. The van der Waals surface area contributed by atoms with Crippen LogP contribution in [0.2, 0.25) is 0 Å². The van der Waals surface area contributed by atoms with E-state index in [0.717, 1.165) is 43.2 Å². The number of ether oxygens (including phenoxy) is 2. The maximum Gasteiger partial charge on any atom is 0.279 e. The van der Waals surface area contributed by atoms with Crippen LogP contribution in [-0.4, -0.2) is 26.3 Å². The van der Waals surface area contributed by atoms with Crippen molar-refractivity contribution in [3.8, 4) is 11.5 Å². The maximum atomic E-state index is 12.5. The molecule has 0 aromatic heterocycles. The Morgan fingerprint density at radius 1 is 1.12 bits per heavy atom. The molecule has 1 heterocycles. The molecule has 1 aliphatic heterocycles. The van der Waals surface area contributed by atoms with E-state index < -0.39 is 0 Å². The maximum absolute atomic E-state index is 12.5. The predicted molar refractivity (Wildman–Crippen MR) is 105 cm³/mol. The molecule has 0 aliphatic carbocycles. The van der Waals surface area contributed by atoms with Crippen molar-refractivity contribution in [2.24, 2.45) is 0 Å². The highest BCUT2D eigenvalue weighted by atomic mass is 79.9. The second-order valence-electron chi connectivity index (χ2n) is 6.93. The number of anilines is 1. The van der Waals surface area contributed by atoms with Crippen molar-refractivity contribution in [3.05, 3.63) is 51.0 Å². The number of likely N-dealkylation sites (N-methyl/N-ethyl adjacent to an activating group) is 1. The van der Waals surface area contributed by atoms with Gasteiger partial charge in [0.2, 0.25) is 6.79 Å². The number of hydrogen-bond acceptors (Lipinski definition) is 3. The first-order valence-corrected chi connectivity index (χ1v) is 9.40. The molecule has 0 fully saturated rings. The minimum Gasteiger partial charge on any atom is -0.454 e. The van der Waals surface area contributed by atoms with Gasteiger partial charge in [-0.1, -0.05) is 33.6 Å². The number of benzene rings is 2. The van der Waals surface area contributed by atoms with Crippen molar-refractivity contribution in [2.75, 3.05) is 25.7 Å². The molecular weight excluding hydrogens is 396 g/mol. The summed E-state index contributed by atoms with van der Waals surface area (Å²) >= 11 is 3.57. The number of carbonyl (C=O) groups excluding carboxylic acids is 1. The summed E-state index contributed by atoms with van der Waals surface area (Å²) in [5.41, 5.74) is 5.38. The molecule has 6 heteroatoms. The third kappa shape index (κ3) is 4.19. The first-order valence-electron chi connectivity index (χ1n) is 8.60. The fourth-order valence-corrected chi connectivity index (χ4v) is 3.78. The van der Waals surface area contributed by atoms with Gasteiger partial charge in [0.05, 0.1) is 7.05 Å². The Morgan fingerprint density at radius 2 is 1.73 bits per heavy atom. The minimum atomic E-state index is 0.00872. The second-order valence-corrected chi connectivity index (χ2v) is 7.78. The van der Waals surface area contributed by atoms with Crippen molar-refractivity contribution < 1.29 is 19.2 Å². The van der Waals surface area contributed by atoms with Gasteiger partial charge in [0.1, 0.15) is 6.54 Å². The summed E-state index contributed by atoms with van der Waals surface area (Å²) in [7, 11) is 2.01. The molecule has 0 saturated carbocycles. The second kappa shape index (κ2) is 7.68. The minimum absolute atomic E-state index is 0.00872. The molecule has 2 aromatic rings. The van der Waals surface area contributed by atoms with Crippen LogP contribution in [0, 0.1) is 20.8 Å². The fourth-order valence-electron chi connectivity index (χ4n) is 3.32. The van der Waals surface area contributed by atoms with Gasteiger partial charge in [0, 0.05) is 15.7 Å². The molecule has 2 N–H and O–H groups in total. The third-order valence-corrected chi connectivity index (χ3v) is 5.18. The molecule has 26 heavy (non-hydrogen) atoms. The topological polar surface area (TPSA) is 52.0 Å².